The van der Waals surface area contributed by atoms with Crippen LogP contribution in [0.25, 0.3) is 0 Å². The number of hydrogen-bond acceptors (Lipinski definition) is 5. The van der Waals surface area contributed by atoms with Crippen molar-refractivity contribution in [1.29, 1.82) is 0 Å². The molecule has 4 fully saturated rings. The minimum atomic E-state index is -0.308. The fourth-order valence-corrected chi connectivity index (χ4v) is 10.2. The molecular formula is C33H56N2O4. The highest BCUT2D eigenvalue weighted by Gasteiger charge is 2.76. The summed E-state index contributed by atoms with van der Waals surface area (Å²) in [6.45, 7) is 13.0. The number of alkyl carbamates (subject to hydrolysis) is 1. The SMILES string of the molecule is CC(C)CCCC(C)C1CCC2C3CC=C4CC(OC(=O)NCCOCCOCCN)CCC45C(CC12C)C35. The number of nitrogens with two attached hydrogens (primary N) is 1. The maximum atomic E-state index is 12.5. The van der Waals surface area contributed by atoms with E-state index in [-0.39, 0.29) is 12.2 Å². The fourth-order valence-electron chi connectivity index (χ4n) is 10.2. The van der Waals surface area contributed by atoms with Gasteiger partial charge >= 0.3 is 6.09 Å². The van der Waals surface area contributed by atoms with Crippen LogP contribution in [-0.2, 0) is 14.2 Å². The second-order valence-corrected chi connectivity index (χ2v) is 14.3. The maximum absolute atomic E-state index is 12.5. The van der Waals surface area contributed by atoms with Crippen molar-refractivity contribution in [3.8, 4) is 0 Å². The summed E-state index contributed by atoms with van der Waals surface area (Å²) in [7, 11) is 0. The molecule has 0 aliphatic heterocycles. The van der Waals surface area contributed by atoms with Gasteiger partial charge in [-0.05, 0) is 90.8 Å². The Hall–Kier alpha value is -1.11. The Morgan fingerprint density at radius 3 is 2.64 bits per heavy atom. The highest BCUT2D eigenvalue weighted by atomic mass is 16.6. The second-order valence-electron chi connectivity index (χ2n) is 14.3. The summed E-state index contributed by atoms with van der Waals surface area (Å²) in [5.74, 6) is 6.19. The van der Waals surface area contributed by atoms with E-state index in [0.29, 0.717) is 50.3 Å². The van der Waals surface area contributed by atoms with E-state index in [1.807, 2.05) is 0 Å². The third-order valence-electron chi connectivity index (χ3n) is 11.8. The smallest absolute Gasteiger partial charge is 0.407 e. The molecule has 5 aliphatic carbocycles. The highest BCUT2D eigenvalue weighted by Crippen LogP contribution is 2.82. The minimum Gasteiger partial charge on any atom is -0.446 e. The third kappa shape index (κ3) is 5.81. The van der Waals surface area contributed by atoms with Crippen molar-refractivity contribution in [3.05, 3.63) is 11.6 Å². The van der Waals surface area contributed by atoms with Gasteiger partial charge in [-0.1, -0.05) is 58.6 Å². The van der Waals surface area contributed by atoms with Gasteiger partial charge in [0.2, 0.25) is 0 Å². The highest BCUT2D eigenvalue weighted by molar-refractivity contribution is 5.67. The van der Waals surface area contributed by atoms with E-state index in [0.717, 1.165) is 54.3 Å². The van der Waals surface area contributed by atoms with Gasteiger partial charge in [0, 0.05) is 19.5 Å². The number of fused-ring (bicyclic) bond motifs is 2. The Morgan fingerprint density at radius 1 is 1.08 bits per heavy atom. The van der Waals surface area contributed by atoms with Crippen molar-refractivity contribution >= 4 is 6.09 Å². The molecule has 0 aromatic heterocycles. The summed E-state index contributed by atoms with van der Waals surface area (Å²) in [4.78, 5) is 12.5. The molecule has 4 saturated carbocycles. The first kappa shape index (κ1) is 29.4. The van der Waals surface area contributed by atoms with Gasteiger partial charge in [-0.25, -0.2) is 4.79 Å². The Balaban J connectivity index is 1.10. The number of carbonyl (C=O) groups excluding carboxylic acids is 1. The van der Waals surface area contributed by atoms with Crippen molar-refractivity contribution in [2.75, 3.05) is 39.5 Å². The first-order valence-electron chi connectivity index (χ1n) is 16.3. The fraction of sp³-hybridized carbons (Fsp3) is 0.909. The lowest BCUT2D eigenvalue weighted by Gasteiger charge is -2.47. The molecular weight excluding hydrogens is 488 g/mol. The van der Waals surface area contributed by atoms with E-state index < -0.39 is 0 Å². The lowest BCUT2D eigenvalue weighted by atomic mass is 9.58. The Labute approximate surface area is 237 Å². The van der Waals surface area contributed by atoms with Crippen LogP contribution in [0.5, 0.6) is 0 Å². The number of allylic oxidation sites excluding steroid dienone is 1. The number of hydrogen-bond donors (Lipinski definition) is 2. The van der Waals surface area contributed by atoms with Crippen LogP contribution in [0.4, 0.5) is 4.79 Å². The van der Waals surface area contributed by atoms with Crippen molar-refractivity contribution in [3.63, 3.8) is 0 Å². The molecule has 39 heavy (non-hydrogen) atoms. The first-order valence-corrected chi connectivity index (χ1v) is 16.3. The normalized spacial score (nSPS) is 38.9. The zero-order chi connectivity index (χ0) is 27.6. The van der Waals surface area contributed by atoms with Crippen LogP contribution < -0.4 is 11.1 Å². The third-order valence-corrected chi connectivity index (χ3v) is 11.8. The van der Waals surface area contributed by atoms with Crippen LogP contribution in [-0.4, -0.2) is 51.7 Å². The van der Waals surface area contributed by atoms with Crippen LogP contribution in [0, 0.1) is 52.3 Å². The van der Waals surface area contributed by atoms with Gasteiger partial charge < -0.3 is 25.3 Å². The van der Waals surface area contributed by atoms with E-state index in [9.17, 15) is 4.79 Å². The van der Waals surface area contributed by atoms with Crippen molar-refractivity contribution in [2.45, 2.75) is 98.0 Å². The topological polar surface area (TPSA) is 82.8 Å². The molecule has 3 N–H and O–H groups in total. The lowest BCUT2D eigenvalue weighted by Crippen LogP contribution is -2.40. The Bertz CT molecular complexity index is 876. The van der Waals surface area contributed by atoms with Gasteiger partial charge in [-0.3, -0.25) is 0 Å². The van der Waals surface area contributed by atoms with Crippen molar-refractivity contribution in [2.24, 2.45) is 58.0 Å². The lowest BCUT2D eigenvalue weighted by molar-refractivity contribution is 0.0224. The van der Waals surface area contributed by atoms with E-state index in [4.69, 9.17) is 19.9 Å². The van der Waals surface area contributed by atoms with Crippen LogP contribution >= 0.6 is 0 Å². The van der Waals surface area contributed by atoms with Crippen LogP contribution in [0.15, 0.2) is 11.6 Å². The molecule has 6 heteroatoms. The average molecular weight is 545 g/mol. The van der Waals surface area contributed by atoms with E-state index >= 15 is 0 Å². The number of ether oxygens (including phenoxy) is 3. The zero-order valence-electron chi connectivity index (χ0n) is 25.2. The van der Waals surface area contributed by atoms with E-state index in [1.165, 1.54) is 51.4 Å². The van der Waals surface area contributed by atoms with Crippen LogP contribution in [0.1, 0.15) is 91.9 Å². The summed E-state index contributed by atoms with van der Waals surface area (Å²) in [6.07, 6.45) is 15.3. The second kappa shape index (κ2) is 12.4. The molecule has 0 aromatic rings. The maximum Gasteiger partial charge on any atom is 0.407 e. The Morgan fingerprint density at radius 2 is 1.87 bits per heavy atom. The number of rotatable bonds is 14. The predicted octanol–water partition coefficient (Wildman–Crippen LogP) is 6.33. The molecule has 9 atom stereocenters. The molecule has 1 spiro atoms. The van der Waals surface area contributed by atoms with Crippen LogP contribution in [0.2, 0.25) is 0 Å². The molecule has 0 aromatic carbocycles. The average Bonchev–Trinajstić information content (AvgIpc) is 3.38. The number of amides is 1. The van der Waals surface area contributed by atoms with E-state index in [1.54, 1.807) is 5.57 Å². The quantitative estimate of drug-likeness (QED) is 0.197. The molecule has 0 saturated heterocycles. The van der Waals surface area contributed by atoms with Gasteiger partial charge in [0.05, 0.1) is 26.4 Å². The summed E-state index contributed by atoms with van der Waals surface area (Å²) < 4.78 is 16.7. The van der Waals surface area contributed by atoms with Gasteiger partial charge in [-0.2, -0.15) is 0 Å². The predicted molar refractivity (Wildman–Crippen MR) is 155 cm³/mol. The molecule has 222 valence electrons. The van der Waals surface area contributed by atoms with E-state index in [2.05, 4.69) is 39.1 Å². The summed E-state index contributed by atoms with van der Waals surface area (Å²) >= 11 is 0. The molecule has 0 heterocycles. The molecule has 9 unspecified atom stereocenters. The number of carbonyl (C=O) groups is 1. The summed E-state index contributed by atoms with van der Waals surface area (Å²) in [6, 6.07) is 0. The van der Waals surface area contributed by atoms with Crippen molar-refractivity contribution < 1.29 is 19.0 Å². The molecule has 6 nitrogen and oxygen atoms in total. The van der Waals surface area contributed by atoms with Gasteiger partial charge in [0.1, 0.15) is 6.10 Å². The molecule has 5 rings (SSSR count). The molecule has 1 amide bonds. The largest absolute Gasteiger partial charge is 0.446 e. The molecule has 0 bridgehead atoms. The first-order chi connectivity index (χ1) is 18.8. The van der Waals surface area contributed by atoms with Gasteiger partial charge in [0.25, 0.3) is 0 Å². The van der Waals surface area contributed by atoms with Gasteiger partial charge in [0.15, 0.2) is 0 Å². The van der Waals surface area contributed by atoms with Crippen LogP contribution in [0.3, 0.4) is 0 Å². The van der Waals surface area contributed by atoms with Crippen molar-refractivity contribution in [1.82, 2.24) is 5.32 Å². The Kier molecular flexibility index (Phi) is 9.35. The standard InChI is InChI=1S/C33H56N2O4/c1-22(2)6-5-7-23(3)27-10-11-28-26-9-8-24-20-25(12-13-33(24)29(30(26)33)21-32(27,28)4)39-31(36)35-15-17-38-19-18-37-16-14-34/h8,22-23,25-30H,5-7,9-21,34H2,1-4H3,(H,35,36). The minimum absolute atomic E-state index is 0.00970. The monoisotopic (exact) mass is 544 g/mol. The summed E-state index contributed by atoms with van der Waals surface area (Å²) in [5.41, 5.74) is 8.01. The van der Waals surface area contributed by atoms with Gasteiger partial charge in [-0.15, -0.1) is 0 Å². The molecule has 5 aliphatic rings. The summed E-state index contributed by atoms with van der Waals surface area (Å²) in [5, 5.41) is 2.86. The molecule has 0 radical (unpaired) electrons. The number of nitrogens with one attached hydrogen (secondary N) is 1. The zero-order valence-corrected chi connectivity index (χ0v) is 25.2.